The normalized spacial score (nSPS) is 9.42. The van der Waals surface area contributed by atoms with Gasteiger partial charge in [-0.1, -0.05) is 12.2 Å². The SMILES string of the molecule is CO[N+](=O)c1ccc(=S)[nH]c1N. The molecule has 64 valence electrons. The Balaban J connectivity index is 3.18. The average molecular weight is 186 g/mol. The quantitative estimate of drug-likeness (QED) is 0.539. The fourth-order valence-corrected chi connectivity index (χ4v) is 0.918. The highest BCUT2D eigenvalue weighted by Crippen LogP contribution is 2.17. The highest BCUT2D eigenvalue weighted by molar-refractivity contribution is 7.71. The molecule has 0 radical (unpaired) electrons. The lowest BCUT2D eigenvalue weighted by Gasteiger charge is -1.92. The van der Waals surface area contributed by atoms with Crippen LogP contribution in [0.5, 0.6) is 0 Å². The fourth-order valence-electron chi connectivity index (χ4n) is 0.740. The molecule has 0 atom stereocenters. The Bertz CT molecular complexity index is 360. The molecule has 0 aliphatic carbocycles. The van der Waals surface area contributed by atoms with Crippen molar-refractivity contribution < 1.29 is 9.76 Å². The van der Waals surface area contributed by atoms with Crippen LogP contribution >= 0.6 is 12.2 Å². The molecular formula is C6H8N3O2S+. The first-order valence-corrected chi connectivity index (χ1v) is 3.56. The Morgan fingerprint density at radius 3 is 2.83 bits per heavy atom. The first kappa shape index (κ1) is 8.66. The van der Waals surface area contributed by atoms with Gasteiger partial charge in [-0.05, 0) is 6.07 Å². The predicted octanol–water partition coefficient (Wildman–Crippen LogP) is 1.30. The molecule has 0 aliphatic heterocycles. The maximum Gasteiger partial charge on any atom is 0.356 e. The summed E-state index contributed by atoms with van der Waals surface area (Å²) < 4.78 is 0.473. The monoisotopic (exact) mass is 186 g/mol. The zero-order valence-electron chi connectivity index (χ0n) is 6.40. The minimum Gasteiger partial charge on any atom is -0.379 e. The van der Waals surface area contributed by atoms with E-state index >= 15 is 0 Å². The second-order valence-corrected chi connectivity index (χ2v) is 2.50. The Hall–Kier alpha value is -1.43. The van der Waals surface area contributed by atoms with Crippen LogP contribution in [0.3, 0.4) is 0 Å². The number of pyridine rings is 1. The van der Waals surface area contributed by atoms with Crippen molar-refractivity contribution >= 4 is 23.7 Å². The van der Waals surface area contributed by atoms with E-state index in [4.69, 9.17) is 18.0 Å². The van der Waals surface area contributed by atoms with Gasteiger partial charge < -0.3 is 10.7 Å². The Morgan fingerprint density at radius 1 is 1.67 bits per heavy atom. The van der Waals surface area contributed by atoms with Crippen molar-refractivity contribution in [1.29, 1.82) is 0 Å². The molecule has 5 nitrogen and oxygen atoms in total. The summed E-state index contributed by atoms with van der Waals surface area (Å²) in [5.41, 5.74) is 5.67. The summed E-state index contributed by atoms with van der Waals surface area (Å²) in [5.74, 6) is 0.194. The molecule has 0 aromatic carbocycles. The number of aromatic nitrogens is 1. The van der Waals surface area contributed by atoms with Gasteiger partial charge in [0.1, 0.15) is 4.64 Å². The van der Waals surface area contributed by atoms with E-state index in [1.807, 2.05) is 0 Å². The van der Waals surface area contributed by atoms with Crippen molar-refractivity contribution in [2.45, 2.75) is 0 Å². The molecule has 6 heteroatoms. The van der Waals surface area contributed by atoms with Crippen molar-refractivity contribution in [1.82, 2.24) is 4.98 Å². The van der Waals surface area contributed by atoms with Gasteiger partial charge in [0.15, 0.2) is 12.9 Å². The lowest BCUT2D eigenvalue weighted by Crippen LogP contribution is -2.03. The zero-order chi connectivity index (χ0) is 9.14. The van der Waals surface area contributed by atoms with Gasteiger partial charge in [-0.15, -0.1) is 0 Å². The molecule has 0 fully saturated rings. The van der Waals surface area contributed by atoms with Crippen LogP contribution in [-0.4, -0.2) is 17.0 Å². The summed E-state index contributed by atoms with van der Waals surface area (Å²) in [5, 5.41) is 0. The van der Waals surface area contributed by atoms with E-state index in [0.717, 1.165) is 0 Å². The van der Waals surface area contributed by atoms with Crippen molar-refractivity contribution in [2.24, 2.45) is 0 Å². The van der Waals surface area contributed by atoms with E-state index in [2.05, 4.69) is 9.82 Å². The first-order chi connectivity index (χ1) is 5.65. The van der Waals surface area contributed by atoms with Crippen LogP contribution in [0.15, 0.2) is 12.1 Å². The fraction of sp³-hybridized carbons (Fsp3) is 0.167. The van der Waals surface area contributed by atoms with Gasteiger partial charge in [0.2, 0.25) is 0 Å². The van der Waals surface area contributed by atoms with Crippen molar-refractivity contribution in [3.8, 4) is 0 Å². The van der Waals surface area contributed by atoms with Gasteiger partial charge in [-0.25, -0.2) is 4.84 Å². The molecule has 3 N–H and O–H groups in total. The summed E-state index contributed by atoms with van der Waals surface area (Å²) in [7, 11) is 1.26. The molecule has 0 amide bonds. The maximum atomic E-state index is 10.9. The van der Waals surface area contributed by atoms with Gasteiger partial charge in [0.25, 0.3) is 4.92 Å². The number of nitrogens with two attached hydrogens (primary N) is 1. The number of nitrogens with zero attached hydrogens (tertiary/aromatic N) is 1. The first-order valence-electron chi connectivity index (χ1n) is 3.15. The molecule has 0 aliphatic rings. The molecule has 0 spiro atoms. The number of nitrogen functional groups attached to an aromatic ring is 1. The highest BCUT2D eigenvalue weighted by Gasteiger charge is 2.18. The number of anilines is 1. The number of rotatable bonds is 2. The predicted molar refractivity (Wildman–Crippen MR) is 46.3 cm³/mol. The number of H-pyrrole nitrogens is 1. The third kappa shape index (κ3) is 1.59. The van der Waals surface area contributed by atoms with E-state index < -0.39 is 0 Å². The number of aromatic amines is 1. The summed E-state index contributed by atoms with van der Waals surface area (Å²) in [6.07, 6.45) is 0. The molecule has 1 heterocycles. The van der Waals surface area contributed by atoms with Crippen LogP contribution in [0.25, 0.3) is 0 Å². The topological polar surface area (TPSA) is 71.1 Å². The van der Waals surface area contributed by atoms with Crippen LogP contribution in [0.4, 0.5) is 11.5 Å². The Kier molecular flexibility index (Phi) is 2.39. The van der Waals surface area contributed by atoms with Crippen LogP contribution in [0, 0.1) is 9.55 Å². The lowest BCUT2D eigenvalue weighted by atomic mass is 10.4. The van der Waals surface area contributed by atoms with E-state index in [1.54, 1.807) is 6.07 Å². The molecule has 1 aromatic heterocycles. The summed E-state index contributed by atoms with van der Waals surface area (Å²) in [6.45, 7) is 0. The molecule has 1 aromatic rings. The third-order valence-electron chi connectivity index (χ3n) is 1.29. The molecule has 0 bridgehead atoms. The van der Waals surface area contributed by atoms with E-state index in [1.165, 1.54) is 13.2 Å². The van der Waals surface area contributed by atoms with Crippen LogP contribution < -0.4 is 5.73 Å². The van der Waals surface area contributed by atoms with Crippen LogP contribution in [-0.2, 0) is 4.84 Å². The number of hydrogen-bond donors (Lipinski definition) is 2. The van der Waals surface area contributed by atoms with Crippen LogP contribution in [0.2, 0.25) is 0 Å². The molecule has 1 rings (SSSR count). The van der Waals surface area contributed by atoms with E-state index in [9.17, 15) is 4.91 Å². The molecular weight excluding hydrogens is 178 g/mol. The smallest absolute Gasteiger partial charge is 0.356 e. The van der Waals surface area contributed by atoms with Gasteiger partial charge in [-0.2, -0.15) is 0 Å². The minimum atomic E-state index is 0.194. The Labute approximate surface area is 73.7 Å². The minimum absolute atomic E-state index is 0.194. The van der Waals surface area contributed by atoms with E-state index in [-0.39, 0.29) is 11.5 Å². The van der Waals surface area contributed by atoms with Crippen molar-refractivity contribution in [2.75, 3.05) is 12.8 Å². The summed E-state index contributed by atoms with van der Waals surface area (Å²) in [4.78, 5) is 18.2. The molecule has 0 saturated heterocycles. The standard InChI is InChI=1S/C6H7N3O2S/c1-11-9(10)4-2-3-5(12)8-6(4)7/h2-3H,1H3,(H2-,7,8,10,12)/p+1. The number of hydrogen-bond acceptors (Lipinski definition) is 4. The molecule has 0 unspecified atom stereocenters. The zero-order valence-corrected chi connectivity index (χ0v) is 7.22. The van der Waals surface area contributed by atoms with Crippen LogP contribution in [0.1, 0.15) is 0 Å². The second kappa shape index (κ2) is 3.31. The molecule has 0 saturated carbocycles. The molecule has 12 heavy (non-hydrogen) atoms. The van der Waals surface area contributed by atoms with Crippen molar-refractivity contribution in [3.63, 3.8) is 0 Å². The highest BCUT2D eigenvalue weighted by atomic mass is 32.1. The third-order valence-corrected chi connectivity index (χ3v) is 1.53. The lowest BCUT2D eigenvalue weighted by molar-refractivity contribution is -0.736. The number of nitrogens with one attached hydrogen (secondary N) is 1. The van der Waals surface area contributed by atoms with Gasteiger partial charge in [0.05, 0.1) is 4.91 Å². The van der Waals surface area contributed by atoms with Gasteiger partial charge in [-0.3, -0.25) is 0 Å². The van der Waals surface area contributed by atoms with Crippen molar-refractivity contribution in [3.05, 3.63) is 21.7 Å². The van der Waals surface area contributed by atoms with Gasteiger partial charge >= 0.3 is 5.69 Å². The van der Waals surface area contributed by atoms with Gasteiger partial charge in [0, 0.05) is 6.07 Å². The van der Waals surface area contributed by atoms with E-state index in [0.29, 0.717) is 9.56 Å². The summed E-state index contributed by atoms with van der Waals surface area (Å²) in [6, 6.07) is 3.05. The average Bonchev–Trinajstić information content (AvgIpc) is 2.03. The summed E-state index contributed by atoms with van der Waals surface area (Å²) >= 11 is 4.79. The maximum absolute atomic E-state index is 10.9. The largest absolute Gasteiger partial charge is 0.379 e. The Morgan fingerprint density at radius 2 is 2.33 bits per heavy atom. The second-order valence-electron chi connectivity index (χ2n) is 2.06.